The third-order valence-corrected chi connectivity index (χ3v) is 2.02. The lowest BCUT2D eigenvalue weighted by Crippen LogP contribution is -2.24. The smallest absolute Gasteiger partial charge is 0.152 e. The van der Waals surface area contributed by atoms with Crippen LogP contribution in [0.3, 0.4) is 0 Å². The molecular formula is C7H17NO2S. The topological polar surface area (TPSA) is 63.3 Å². The molecule has 0 spiro atoms. The van der Waals surface area contributed by atoms with Crippen LogP contribution < -0.4 is 5.73 Å². The van der Waals surface area contributed by atoms with Crippen LogP contribution >= 0.6 is 0 Å². The van der Waals surface area contributed by atoms with E-state index >= 15 is 0 Å². The van der Waals surface area contributed by atoms with E-state index in [0.717, 1.165) is 6.42 Å². The summed E-state index contributed by atoms with van der Waals surface area (Å²) >= 11 is -1.68. The lowest BCUT2D eigenvalue weighted by atomic mass is 10.0. The standard InChI is InChI=1S/C7H17NO2S/c1-6(2)5-7(8)3-4-11(9)10/h6-7H,3-5,8H2,1-2H3,(H,9,10)/t7-/m0/s1. The zero-order chi connectivity index (χ0) is 8.85. The van der Waals surface area contributed by atoms with Crippen LogP contribution in [0.1, 0.15) is 26.7 Å². The molecule has 0 saturated carbocycles. The van der Waals surface area contributed by atoms with Gasteiger partial charge in [-0.1, -0.05) is 13.8 Å². The summed E-state index contributed by atoms with van der Waals surface area (Å²) in [5.41, 5.74) is 5.68. The summed E-state index contributed by atoms with van der Waals surface area (Å²) in [5, 5.41) is 0. The second-order valence-electron chi connectivity index (χ2n) is 3.20. The average Bonchev–Trinajstić information content (AvgIpc) is 1.82. The Morgan fingerprint density at radius 1 is 1.55 bits per heavy atom. The second-order valence-corrected chi connectivity index (χ2v) is 4.26. The van der Waals surface area contributed by atoms with Crippen LogP contribution in [-0.2, 0) is 11.1 Å². The van der Waals surface area contributed by atoms with Gasteiger partial charge in [0, 0.05) is 6.04 Å². The van der Waals surface area contributed by atoms with E-state index in [4.69, 9.17) is 10.3 Å². The predicted molar refractivity (Wildman–Crippen MR) is 47.7 cm³/mol. The minimum Gasteiger partial charge on any atom is -0.328 e. The van der Waals surface area contributed by atoms with Gasteiger partial charge in [0.25, 0.3) is 0 Å². The third-order valence-electron chi connectivity index (χ3n) is 1.44. The van der Waals surface area contributed by atoms with Crippen LogP contribution in [0.2, 0.25) is 0 Å². The van der Waals surface area contributed by atoms with E-state index in [1.54, 1.807) is 0 Å². The van der Waals surface area contributed by atoms with Gasteiger partial charge in [-0.15, -0.1) is 0 Å². The van der Waals surface area contributed by atoms with E-state index in [1.165, 1.54) is 0 Å². The average molecular weight is 179 g/mol. The van der Waals surface area contributed by atoms with Crippen LogP contribution in [0.4, 0.5) is 0 Å². The first kappa shape index (κ1) is 11.1. The maximum Gasteiger partial charge on any atom is 0.152 e. The van der Waals surface area contributed by atoms with Crippen molar-refractivity contribution in [1.82, 2.24) is 0 Å². The van der Waals surface area contributed by atoms with Crippen LogP contribution in [0.25, 0.3) is 0 Å². The first-order chi connectivity index (χ1) is 5.02. The van der Waals surface area contributed by atoms with Crippen molar-refractivity contribution in [2.75, 3.05) is 5.75 Å². The summed E-state index contributed by atoms with van der Waals surface area (Å²) in [7, 11) is 0. The fourth-order valence-electron chi connectivity index (χ4n) is 0.976. The highest BCUT2D eigenvalue weighted by molar-refractivity contribution is 7.79. The minimum atomic E-state index is -1.68. The zero-order valence-corrected chi connectivity index (χ0v) is 7.93. The molecule has 4 heteroatoms. The first-order valence-corrected chi connectivity index (χ1v) is 5.13. The normalized spacial score (nSPS) is 16.8. The maximum absolute atomic E-state index is 10.2. The van der Waals surface area contributed by atoms with Crippen molar-refractivity contribution in [3.63, 3.8) is 0 Å². The Labute approximate surface area is 70.6 Å². The summed E-state index contributed by atoms with van der Waals surface area (Å²) in [6, 6.07) is 0.0751. The number of rotatable bonds is 5. The minimum absolute atomic E-state index is 0.0751. The van der Waals surface area contributed by atoms with Crippen molar-refractivity contribution in [3.8, 4) is 0 Å². The molecule has 0 rings (SSSR count). The Bertz CT molecular complexity index is 128. The number of hydrogen-bond donors (Lipinski definition) is 2. The highest BCUT2D eigenvalue weighted by atomic mass is 32.2. The first-order valence-electron chi connectivity index (χ1n) is 3.85. The van der Waals surface area contributed by atoms with Crippen molar-refractivity contribution in [2.45, 2.75) is 32.7 Å². The summed E-state index contributed by atoms with van der Waals surface area (Å²) in [6.45, 7) is 4.19. The molecule has 3 N–H and O–H groups in total. The summed E-state index contributed by atoms with van der Waals surface area (Å²) < 4.78 is 18.7. The highest BCUT2D eigenvalue weighted by Gasteiger charge is 2.06. The van der Waals surface area contributed by atoms with E-state index in [0.29, 0.717) is 18.1 Å². The third kappa shape index (κ3) is 7.97. The van der Waals surface area contributed by atoms with Crippen molar-refractivity contribution in [1.29, 1.82) is 0 Å². The Balaban J connectivity index is 3.37. The summed E-state index contributed by atoms with van der Waals surface area (Å²) in [4.78, 5) is 0. The predicted octanol–water partition coefficient (Wildman–Crippen LogP) is 0.972. The van der Waals surface area contributed by atoms with E-state index in [2.05, 4.69) is 13.8 Å². The highest BCUT2D eigenvalue weighted by Crippen LogP contribution is 2.05. The monoisotopic (exact) mass is 179 g/mol. The molecule has 0 amide bonds. The van der Waals surface area contributed by atoms with Crippen molar-refractivity contribution in [2.24, 2.45) is 11.7 Å². The molecule has 1 unspecified atom stereocenters. The van der Waals surface area contributed by atoms with Gasteiger partial charge in [-0.05, 0) is 18.8 Å². The van der Waals surface area contributed by atoms with E-state index in [9.17, 15) is 4.21 Å². The lowest BCUT2D eigenvalue weighted by Gasteiger charge is -2.12. The van der Waals surface area contributed by atoms with Gasteiger partial charge in [0.05, 0.1) is 5.75 Å². The van der Waals surface area contributed by atoms with E-state index in [-0.39, 0.29) is 6.04 Å². The van der Waals surface area contributed by atoms with Gasteiger partial charge in [-0.2, -0.15) is 0 Å². The number of hydrogen-bond acceptors (Lipinski definition) is 2. The molecular weight excluding hydrogens is 162 g/mol. The molecule has 0 heterocycles. The zero-order valence-electron chi connectivity index (χ0n) is 7.12. The fraction of sp³-hybridized carbons (Fsp3) is 1.00. The number of nitrogens with two attached hydrogens (primary N) is 1. The molecule has 2 atom stereocenters. The van der Waals surface area contributed by atoms with E-state index in [1.807, 2.05) is 0 Å². The van der Waals surface area contributed by atoms with Gasteiger partial charge < -0.3 is 10.3 Å². The van der Waals surface area contributed by atoms with Crippen LogP contribution in [-0.4, -0.2) is 20.6 Å². The molecule has 0 fully saturated rings. The van der Waals surface area contributed by atoms with E-state index < -0.39 is 11.1 Å². The van der Waals surface area contributed by atoms with Crippen molar-refractivity contribution < 1.29 is 8.76 Å². The SMILES string of the molecule is CC(C)C[C@@H](N)CCS(=O)O. The molecule has 0 aliphatic heterocycles. The van der Waals surface area contributed by atoms with Gasteiger partial charge in [0.1, 0.15) is 0 Å². The van der Waals surface area contributed by atoms with Crippen molar-refractivity contribution in [3.05, 3.63) is 0 Å². The van der Waals surface area contributed by atoms with Crippen LogP contribution in [0.15, 0.2) is 0 Å². The molecule has 0 aromatic rings. The van der Waals surface area contributed by atoms with Crippen molar-refractivity contribution >= 4 is 11.1 Å². The molecule has 0 aliphatic carbocycles. The molecule has 0 aromatic carbocycles. The van der Waals surface area contributed by atoms with Crippen LogP contribution in [0, 0.1) is 5.92 Å². The Kier molecular flexibility index (Phi) is 5.72. The lowest BCUT2D eigenvalue weighted by molar-refractivity contribution is 0.481. The summed E-state index contributed by atoms with van der Waals surface area (Å²) in [5.74, 6) is 0.866. The quantitative estimate of drug-likeness (QED) is 0.618. The van der Waals surface area contributed by atoms with Gasteiger partial charge in [-0.3, -0.25) is 0 Å². The Morgan fingerprint density at radius 2 is 2.09 bits per heavy atom. The van der Waals surface area contributed by atoms with Gasteiger partial charge in [0.15, 0.2) is 11.1 Å². The largest absolute Gasteiger partial charge is 0.328 e. The molecule has 11 heavy (non-hydrogen) atoms. The van der Waals surface area contributed by atoms with Gasteiger partial charge in [-0.25, -0.2) is 4.21 Å². The van der Waals surface area contributed by atoms with Gasteiger partial charge >= 0.3 is 0 Å². The Hall–Kier alpha value is 0.0700. The molecule has 0 aromatic heterocycles. The Morgan fingerprint density at radius 3 is 2.45 bits per heavy atom. The maximum atomic E-state index is 10.2. The molecule has 0 bridgehead atoms. The van der Waals surface area contributed by atoms with Gasteiger partial charge in [0.2, 0.25) is 0 Å². The molecule has 68 valence electrons. The molecule has 0 aliphatic rings. The molecule has 0 radical (unpaired) electrons. The summed E-state index contributed by atoms with van der Waals surface area (Å²) in [6.07, 6.45) is 1.57. The fourth-order valence-corrected chi connectivity index (χ4v) is 1.48. The second kappa shape index (κ2) is 5.69. The molecule has 0 saturated heterocycles. The van der Waals surface area contributed by atoms with Crippen LogP contribution in [0.5, 0.6) is 0 Å². The molecule has 3 nitrogen and oxygen atoms in total.